The summed E-state index contributed by atoms with van der Waals surface area (Å²) >= 11 is 0. The minimum atomic E-state index is -0.236. The molecule has 1 aromatic rings. The maximum atomic E-state index is 12.4. The zero-order valence-electron chi connectivity index (χ0n) is 15.3. The first-order valence-electron chi connectivity index (χ1n) is 8.83. The fourth-order valence-electron chi connectivity index (χ4n) is 2.96. The fourth-order valence-corrected chi connectivity index (χ4v) is 2.96. The van der Waals surface area contributed by atoms with Crippen molar-refractivity contribution in [3.05, 3.63) is 17.5 Å². The summed E-state index contributed by atoms with van der Waals surface area (Å²) in [6, 6.07) is 2.73. The van der Waals surface area contributed by atoms with Crippen molar-refractivity contribution in [2.24, 2.45) is 0 Å². The van der Waals surface area contributed by atoms with E-state index in [-0.39, 0.29) is 12.1 Å². The van der Waals surface area contributed by atoms with Crippen molar-refractivity contribution in [1.29, 1.82) is 0 Å². The van der Waals surface area contributed by atoms with E-state index in [1.807, 2.05) is 13.8 Å². The highest BCUT2D eigenvalue weighted by molar-refractivity contribution is 5.19. The number of rotatable bonds is 4. The number of halogens is 1. The van der Waals surface area contributed by atoms with E-state index >= 15 is 0 Å². The summed E-state index contributed by atoms with van der Waals surface area (Å²) in [6.07, 6.45) is 3.14. The van der Waals surface area contributed by atoms with Gasteiger partial charge in [0.15, 0.2) is 0 Å². The molecular formula is C18H34FN3. The zero-order chi connectivity index (χ0) is 16.8. The number of alkyl halides is 1. The molecule has 22 heavy (non-hydrogen) atoms. The van der Waals surface area contributed by atoms with Gasteiger partial charge in [0.2, 0.25) is 0 Å². The Morgan fingerprint density at radius 3 is 2.27 bits per heavy atom. The summed E-state index contributed by atoms with van der Waals surface area (Å²) < 4.78 is 14.7. The summed E-state index contributed by atoms with van der Waals surface area (Å²) in [4.78, 5) is 2.22. The third kappa shape index (κ3) is 4.80. The normalized spacial score (nSPS) is 17.2. The summed E-state index contributed by atoms with van der Waals surface area (Å²) in [5.74, 6) is 0. The number of nitrogens with zero attached hydrogens (tertiary/aromatic N) is 3. The van der Waals surface area contributed by atoms with Gasteiger partial charge < -0.3 is 4.90 Å². The van der Waals surface area contributed by atoms with Gasteiger partial charge in [-0.25, -0.2) is 4.39 Å². The van der Waals surface area contributed by atoms with Crippen molar-refractivity contribution in [2.45, 2.75) is 72.3 Å². The van der Waals surface area contributed by atoms with E-state index in [0.717, 1.165) is 32.4 Å². The van der Waals surface area contributed by atoms with Crippen LogP contribution in [0.5, 0.6) is 0 Å². The first-order valence-corrected chi connectivity index (χ1v) is 8.83. The largest absolute Gasteiger partial charge is 0.301 e. The lowest BCUT2D eigenvalue weighted by molar-refractivity contribution is 0.165. The van der Waals surface area contributed by atoms with Gasteiger partial charge in [-0.2, -0.15) is 5.10 Å². The number of hydrogen-bond acceptors (Lipinski definition) is 2. The van der Waals surface area contributed by atoms with Gasteiger partial charge >= 0.3 is 0 Å². The molecule has 1 aliphatic rings. The van der Waals surface area contributed by atoms with Gasteiger partial charge in [0.25, 0.3) is 0 Å². The molecule has 1 aliphatic heterocycles. The molecule has 0 N–H and O–H groups in total. The van der Waals surface area contributed by atoms with Crippen molar-refractivity contribution in [2.75, 3.05) is 26.3 Å². The van der Waals surface area contributed by atoms with Crippen molar-refractivity contribution in [3.63, 3.8) is 0 Å². The SMILES string of the molecule is CC.CCc1cc(C(C)(C)C)n(C2CCN(CCF)CC2)n1. The van der Waals surface area contributed by atoms with Crippen LogP contribution in [0.25, 0.3) is 0 Å². The van der Waals surface area contributed by atoms with Gasteiger partial charge in [0, 0.05) is 30.7 Å². The molecule has 0 saturated carbocycles. The van der Waals surface area contributed by atoms with Crippen LogP contribution in [0.1, 0.15) is 71.8 Å². The zero-order valence-corrected chi connectivity index (χ0v) is 15.3. The lowest BCUT2D eigenvalue weighted by atomic mass is 9.91. The Balaban J connectivity index is 0.00000116. The topological polar surface area (TPSA) is 21.1 Å². The Bertz CT molecular complexity index is 426. The van der Waals surface area contributed by atoms with Crippen LogP contribution in [0.2, 0.25) is 0 Å². The Morgan fingerprint density at radius 2 is 1.82 bits per heavy atom. The number of aryl methyl sites for hydroxylation is 1. The molecule has 0 bridgehead atoms. The third-order valence-electron chi connectivity index (χ3n) is 4.22. The van der Waals surface area contributed by atoms with E-state index in [4.69, 9.17) is 5.10 Å². The molecule has 2 heterocycles. The monoisotopic (exact) mass is 311 g/mol. The molecule has 0 radical (unpaired) electrons. The molecule has 0 aliphatic carbocycles. The van der Waals surface area contributed by atoms with Gasteiger partial charge in [-0.3, -0.25) is 4.68 Å². The van der Waals surface area contributed by atoms with Crippen LogP contribution in [-0.2, 0) is 11.8 Å². The fraction of sp³-hybridized carbons (Fsp3) is 0.833. The van der Waals surface area contributed by atoms with Crippen LogP contribution >= 0.6 is 0 Å². The minimum absolute atomic E-state index is 0.122. The first kappa shape index (κ1) is 19.1. The molecule has 0 spiro atoms. The average Bonchev–Trinajstić information content (AvgIpc) is 2.95. The lowest BCUT2D eigenvalue weighted by Crippen LogP contribution is -2.37. The molecule has 3 nitrogen and oxygen atoms in total. The van der Waals surface area contributed by atoms with Crippen LogP contribution in [-0.4, -0.2) is 41.0 Å². The van der Waals surface area contributed by atoms with Crippen LogP contribution in [0.3, 0.4) is 0 Å². The Kier molecular flexibility index (Phi) is 7.54. The van der Waals surface area contributed by atoms with Gasteiger partial charge in [-0.1, -0.05) is 41.5 Å². The Morgan fingerprint density at radius 1 is 1.23 bits per heavy atom. The molecule has 1 saturated heterocycles. The van der Waals surface area contributed by atoms with Crippen molar-refractivity contribution >= 4 is 0 Å². The number of likely N-dealkylation sites (tertiary alicyclic amines) is 1. The second-order valence-corrected chi connectivity index (χ2v) is 6.83. The first-order chi connectivity index (χ1) is 10.5. The molecule has 0 atom stereocenters. The van der Waals surface area contributed by atoms with Crippen molar-refractivity contribution < 1.29 is 4.39 Å². The smallest absolute Gasteiger partial charge is 0.102 e. The van der Waals surface area contributed by atoms with Gasteiger partial charge in [-0.05, 0) is 25.3 Å². The second kappa shape index (κ2) is 8.66. The summed E-state index contributed by atoms with van der Waals surface area (Å²) in [5, 5.41) is 4.81. The van der Waals surface area contributed by atoms with Crippen molar-refractivity contribution in [1.82, 2.24) is 14.7 Å². The van der Waals surface area contributed by atoms with Gasteiger partial charge in [0.1, 0.15) is 6.67 Å². The van der Waals surface area contributed by atoms with Crippen molar-refractivity contribution in [3.8, 4) is 0 Å². The molecule has 128 valence electrons. The van der Waals surface area contributed by atoms with Crippen LogP contribution in [0.15, 0.2) is 6.07 Å². The highest BCUT2D eigenvalue weighted by Gasteiger charge is 2.27. The summed E-state index contributed by atoms with van der Waals surface area (Å²) in [6.45, 7) is 15.2. The second-order valence-electron chi connectivity index (χ2n) is 6.83. The van der Waals surface area contributed by atoms with E-state index in [9.17, 15) is 4.39 Å². The third-order valence-corrected chi connectivity index (χ3v) is 4.22. The predicted octanol–water partition coefficient (Wildman–Crippen LogP) is 4.38. The standard InChI is InChI=1S/C16H28FN3.C2H6/c1-5-13-12-15(16(2,3)4)20(18-13)14-6-9-19(10-7-14)11-8-17;1-2/h12,14H,5-11H2,1-4H3;1-2H3. The number of hydrogen-bond donors (Lipinski definition) is 0. The van der Waals surface area contributed by atoms with E-state index < -0.39 is 0 Å². The van der Waals surface area contributed by atoms with E-state index in [1.165, 1.54) is 11.4 Å². The van der Waals surface area contributed by atoms with Crippen LogP contribution < -0.4 is 0 Å². The van der Waals surface area contributed by atoms with Crippen LogP contribution in [0, 0.1) is 0 Å². The number of piperidine rings is 1. The van der Waals surface area contributed by atoms with Gasteiger partial charge in [0.05, 0.1) is 11.7 Å². The molecule has 4 heteroatoms. The highest BCUT2D eigenvalue weighted by atomic mass is 19.1. The molecule has 0 aromatic carbocycles. The molecule has 1 aromatic heterocycles. The highest BCUT2D eigenvalue weighted by Crippen LogP contribution is 2.30. The molecular weight excluding hydrogens is 277 g/mol. The maximum absolute atomic E-state index is 12.4. The Labute approximate surface area is 135 Å². The molecule has 1 fully saturated rings. The van der Waals surface area contributed by atoms with E-state index in [2.05, 4.69) is 43.3 Å². The van der Waals surface area contributed by atoms with Crippen LogP contribution in [0.4, 0.5) is 4.39 Å². The lowest BCUT2D eigenvalue weighted by Gasteiger charge is -2.33. The molecule has 0 amide bonds. The minimum Gasteiger partial charge on any atom is -0.301 e. The summed E-state index contributed by atoms with van der Waals surface area (Å²) in [5.41, 5.74) is 2.63. The predicted molar refractivity (Wildman–Crippen MR) is 92.3 cm³/mol. The maximum Gasteiger partial charge on any atom is 0.102 e. The Hall–Kier alpha value is -0.900. The van der Waals surface area contributed by atoms with E-state index in [0.29, 0.717) is 12.6 Å². The quantitative estimate of drug-likeness (QED) is 0.823. The number of aromatic nitrogens is 2. The van der Waals surface area contributed by atoms with Gasteiger partial charge in [-0.15, -0.1) is 0 Å². The van der Waals surface area contributed by atoms with E-state index in [1.54, 1.807) is 0 Å². The summed E-state index contributed by atoms with van der Waals surface area (Å²) in [7, 11) is 0. The molecule has 0 unspecified atom stereocenters. The molecule has 2 rings (SSSR count). The average molecular weight is 311 g/mol.